The van der Waals surface area contributed by atoms with Gasteiger partial charge >= 0.3 is 0 Å². The zero-order valence-corrected chi connectivity index (χ0v) is 16.6. The smallest absolute Gasteiger partial charge is 0.267 e. The molecule has 8 heteroatoms. The Hall–Kier alpha value is -1.93. The molecule has 0 N–H and O–H groups in total. The average molecular weight is 428 g/mol. The van der Waals surface area contributed by atoms with Crippen molar-refractivity contribution in [1.29, 1.82) is 0 Å². The van der Waals surface area contributed by atoms with Crippen molar-refractivity contribution in [2.24, 2.45) is 5.41 Å². The van der Waals surface area contributed by atoms with Gasteiger partial charge in [0, 0.05) is 12.7 Å². The quantitative estimate of drug-likeness (QED) is 0.581. The van der Waals surface area contributed by atoms with Crippen LogP contribution in [0, 0.1) is 5.41 Å². The molecular weight excluding hydrogens is 408 g/mol. The highest BCUT2D eigenvalue weighted by Gasteiger charge is 2.50. The molecule has 1 saturated carbocycles. The van der Waals surface area contributed by atoms with Crippen LogP contribution in [0.25, 0.3) is 5.57 Å². The predicted molar refractivity (Wildman–Crippen MR) is 100 cm³/mol. The highest BCUT2D eigenvalue weighted by atomic mass is 32.2. The van der Waals surface area contributed by atoms with E-state index in [2.05, 4.69) is 4.74 Å². The van der Waals surface area contributed by atoms with Crippen molar-refractivity contribution in [3.63, 3.8) is 0 Å². The van der Waals surface area contributed by atoms with Gasteiger partial charge in [-0.2, -0.15) is 0 Å². The minimum atomic E-state index is -3.98. The van der Waals surface area contributed by atoms with Gasteiger partial charge < -0.3 is 4.74 Å². The van der Waals surface area contributed by atoms with Crippen molar-refractivity contribution in [2.45, 2.75) is 42.9 Å². The Morgan fingerprint density at radius 1 is 1.03 bits per heavy atom. The van der Waals surface area contributed by atoms with Gasteiger partial charge in [0.15, 0.2) is 11.8 Å². The van der Waals surface area contributed by atoms with Crippen LogP contribution < -0.4 is 0 Å². The lowest BCUT2D eigenvalue weighted by Gasteiger charge is -2.26. The van der Waals surface area contributed by atoms with E-state index in [1.54, 1.807) is 12.1 Å². The molecular formula is C21H20F4O3S. The van der Waals surface area contributed by atoms with Gasteiger partial charge in [0.05, 0.1) is 11.3 Å². The summed E-state index contributed by atoms with van der Waals surface area (Å²) >= 11 is 0. The van der Waals surface area contributed by atoms with E-state index in [9.17, 15) is 26.0 Å². The van der Waals surface area contributed by atoms with E-state index in [4.69, 9.17) is 0 Å². The van der Waals surface area contributed by atoms with Crippen molar-refractivity contribution in [2.75, 3.05) is 13.1 Å². The van der Waals surface area contributed by atoms with Crippen LogP contribution in [0.3, 0.4) is 0 Å². The van der Waals surface area contributed by atoms with Gasteiger partial charge in [-0.1, -0.05) is 12.1 Å². The van der Waals surface area contributed by atoms with Gasteiger partial charge in [0.1, 0.15) is 5.83 Å². The Kier molecular flexibility index (Phi) is 4.77. The Morgan fingerprint density at radius 3 is 2.21 bits per heavy atom. The average Bonchev–Trinajstić information content (AvgIpc) is 3.35. The van der Waals surface area contributed by atoms with E-state index < -0.39 is 39.8 Å². The predicted octanol–water partition coefficient (Wildman–Crippen LogP) is 5.51. The molecule has 0 aromatic heterocycles. The fourth-order valence-corrected chi connectivity index (χ4v) is 4.81. The number of allylic oxidation sites excluding steroid dienone is 4. The second-order valence-electron chi connectivity index (χ2n) is 7.98. The molecule has 1 fully saturated rings. The molecule has 0 bridgehead atoms. The number of rotatable bonds is 5. The van der Waals surface area contributed by atoms with E-state index >= 15 is 0 Å². The summed E-state index contributed by atoms with van der Waals surface area (Å²) in [5, 5.41) is 0. The second kappa shape index (κ2) is 6.80. The zero-order valence-electron chi connectivity index (χ0n) is 15.8. The van der Waals surface area contributed by atoms with Crippen LogP contribution in [0.15, 0.2) is 58.0 Å². The maximum absolute atomic E-state index is 14.8. The summed E-state index contributed by atoms with van der Waals surface area (Å²) in [5.41, 5.74) is 2.09. The van der Waals surface area contributed by atoms with Gasteiger partial charge in [-0.15, -0.1) is 0 Å². The number of alkyl halides is 2. The first-order valence-corrected chi connectivity index (χ1v) is 10.9. The Balaban J connectivity index is 1.77. The molecule has 0 radical (unpaired) electrons. The molecule has 1 aromatic carbocycles. The number of sulfone groups is 1. The van der Waals surface area contributed by atoms with E-state index in [1.165, 1.54) is 12.1 Å². The molecule has 1 unspecified atom stereocenters. The molecule has 1 atom stereocenters. The van der Waals surface area contributed by atoms with Gasteiger partial charge in [0.2, 0.25) is 9.84 Å². The van der Waals surface area contributed by atoms with Crippen LogP contribution >= 0.6 is 0 Å². The normalized spacial score (nSPS) is 26.3. The maximum atomic E-state index is 14.8. The number of halogens is 4. The van der Waals surface area contributed by atoms with Crippen molar-refractivity contribution < 1.29 is 30.7 Å². The second-order valence-corrected chi connectivity index (χ2v) is 9.90. The monoisotopic (exact) mass is 428 g/mol. The third-order valence-electron chi connectivity index (χ3n) is 6.08. The largest absolute Gasteiger partial charge is 0.344 e. The van der Waals surface area contributed by atoms with Crippen molar-refractivity contribution in [3.8, 4) is 0 Å². The first-order chi connectivity index (χ1) is 13.6. The highest BCUT2D eigenvalue weighted by Crippen LogP contribution is 2.63. The highest BCUT2D eigenvalue weighted by molar-refractivity contribution is 7.91. The number of ether oxygens (including phenoxy) is 1. The maximum Gasteiger partial charge on any atom is 0.267 e. The SMILES string of the molecule is COC1(F)CC(F)=C(C2=C(c3ccc(S(=O)(=O)CF)cc3)CC3(CC3)C2)C=C1F. The summed E-state index contributed by atoms with van der Waals surface area (Å²) in [7, 11) is -3.00. The van der Waals surface area contributed by atoms with Crippen LogP contribution in [-0.4, -0.2) is 27.4 Å². The van der Waals surface area contributed by atoms with Gasteiger partial charge in [0.25, 0.3) is 5.85 Å². The lowest BCUT2D eigenvalue weighted by molar-refractivity contribution is -0.107. The lowest BCUT2D eigenvalue weighted by atomic mass is 9.90. The van der Waals surface area contributed by atoms with Crippen LogP contribution in [0.1, 0.15) is 37.7 Å². The standard InChI is InChI=1S/C21H20F4O3S/c1-28-21(25)11-18(23)15(8-19(21)24)17-10-20(6-7-20)9-16(17)13-2-4-14(5-3-13)29(26,27)12-22/h2-5,8H,6-7,9-12H2,1H3. The topological polar surface area (TPSA) is 43.4 Å². The van der Waals surface area contributed by atoms with Gasteiger partial charge in [-0.25, -0.2) is 26.0 Å². The molecule has 0 heterocycles. The Bertz CT molecular complexity index is 1050. The van der Waals surface area contributed by atoms with Crippen molar-refractivity contribution >= 4 is 15.4 Å². The zero-order chi connectivity index (χ0) is 21.0. The molecule has 0 amide bonds. The summed E-state index contributed by atoms with van der Waals surface area (Å²) in [5.74, 6) is -4.76. The first-order valence-electron chi connectivity index (χ1n) is 9.25. The molecule has 1 spiro atoms. The molecule has 1 aromatic rings. The third kappa shape index (κ3) is 3.46. The van der Waals surface area contributed by atoms with E-state index in [1.807, 2.05) is 0 Å². The Labute approximate surface area is 166 Å². The summed E-state index contributed by atoms with van der Waals surface area (Å²) in [6.45, 7) is 0. The molecule has 0 aliphatic heterocycles. The van der Waals surface area contributed by atoms with E-state index in [0.29, 0.717) is 24.0 Å². The molecule has 0 saturated heterocycles. The number of benzene rings is 1. The minimum absolute atomic E-state index is 0.00252. The van der Waals surface area contributed by atoms with E-state index in [-0.39, 0.29) is 15.9 Å². The molecule has 29 heavy (non-hydrogen) atoms. The number of hydrogen-bond acceptors (Lipinski definition) is 3. The third-order valence-corrected chi connectivity index (χ3v) is 7.36. The summed E-state index contributed by atoms with van der Waals surface area (Å²) in [4.78, 5) is -0.138. The van der Waals surface area contributed by atoms with Crippen molar-refractivity contribution in [1.82, 2.24) is 0 Å². The summed E-state index contributed by atoms with van der Waals surface area (Å²) < 4.78 is 84.0. The van der Waals surface area contributed by atoms with Crippen molar-refractivity contribution in [3.05, 3.63) is 58.7 Å². The molecule has 3 aliphatic carbocycles. The lowest BCUT2D eigenvalue weighted by Crippen LogP contribution is -2.29. The first kappa shape index (κ1) is 20.3. The van der Waals surface area contributed by atoms with Crippen LogP contribution in [0.5, 0.6) is 0 Å². The van der Waals surface area contributed by atoms with E-state index in [0.717, 1.165) is 31.6 Å². The number of hydrogen-bond donors (Lipinski definition) is 0. The molecule has 3 aliphatic rings. The van der Waals surface area contributed by atoms with Gasteiger partial charge in [-0.05, 0) is 66.0 Å². The van der Waals surface area contributed by atoms with Crippen LogP contribution in [-0.2, 0) is 14.6 Å². The minimum Gasteiger partial charge on any atom is -0.344 e. The molecule has 4 rings (SSSR count). The molecule has 3 nitrogen and oxygen atoms in total. The summed E-state index contributed by atoms with van der Waals surface area (Å²) in [6, 6.07) is 4.24. The number of methoxy groups -OCH3 is 1. The fraction of sp³-hybridized carbons (Fsp3) is 0.429. The van der Waals surface area contributed by atoms with Crippen LogP contribution in [0.2, 0.25) is 0 Å². The Morgan fingerprint density at radius 2 is 1.66 bits per heavy atom. The van der Waals surface area contributed by atoms with Crippen LogP contribution in [0.4, 0.5) is 17.6 Å². The van der Waals surface area contributed by atoms with Gasteiger partial charge in [-0.3, -0.25) is 0 Å². The summed E-state index contributed by atoms with van der Waals surface area (Å²) in [6.07, 6.45) is 3.14. The fourth-order valence-electron chi connectivity index (χ4n) is 4.13. The molecule has 156 valence electrons.